The maximum Gasteiger partial charge on any atom is 0.407 e. The maximum absolute atomic E-state index is 12.0. The molecule has 10 heteroatoms. The molecule has 0 radical (unpaired) electrons. The van der Waals surface area contributed by atoms with Crippen LogP contribution in [-0.4, -0.2) is 76.5 Å². The molecule has 1 unspecified atom stereocenters. The fourth-order valence-electron chi connectivity index (χ4n) is 3.58. The van der Waals surface area contributed by atoms with E-state index in [1.807, 2.05) is 0 Å². The molecule has 0 saturated carbocycles. The van der Waals surface area contributed by atoms with Gasteiger partial charge in [0.2, 0.25) is 0 Å². The number of carbonyl (C=O) groups is 1. The van der Waals surface area contributed by atoms with Gasteiger partial charge in [-0.05, 0) is 50.6 Å². The van der Waals surface area contributed by atoms with Gasteiger partial charge in [-0.3, -0.25) is 0 Å². The van der Waals surface area contributed by atoms with Crippen molar-refractivity contribution < 1.29 is 32.5 Å². The monoisotopic (exact) mass is 428 g/mol. The number of rotatable bonds is 7. The molecule has 162 valence electrons. The van der Waals surface area contributed by atoms with Crippen LogP contribution in [0.3, 0.4) is 0 Å². The Morgan fingerprint density at radius 3 is 2.86 bits per heavy atom. The van der Waals surface area contributed by atoms with Crippen LogP contribution in [0, 0.1) is 0 Å². The van der Waals surface area contributed by atoms with Gasteiger partial charge < -0.3 is 30.0 Å². The van der Waals surface area contributed by atoms with Crippen molar-refractivity contribution in [3.8, 4) is 5.75 Å². The highest BCUT2D eigenvalue weighted by molar-refractivity contribution is 7.90. The van der Waals surface area contributed by atoms with E-state index in [1.54, 1.807) is 12.1 Å². The molecule has 2 aliphatic rings. The Hall–Kier alpha value is -1.88. The first kappa shape index (κ1) is 21.8. The van der Waals surface area contributed by atoms with Gasteiger partial charge in [0.1, 0.15) is 25.1 Å². The van der Waals surface area contributed by atoms with Crippen LogP contribution in [0.2, 0.25) is 0 Å². The highest BCUT2D eigenvalue weighted by Gasteiger charge is 2.41. The van der Waals surface area contributed by atoms with Gasteiger partial charge in [-0.15, -0.1) is 0 Å². The number of sulfone groups is 1. The van der Waals surface area contributed by atoms with E-state index in [9.17, 15) is 18.3 Å². The van der Waals surface area contributed by atoms with E-state index in [1.165, 1.54) is 12.1 Å². The Morgan fingerprint density at radius 1 is 1.38 bits per heavy atom. The maximum atomic E-state index is 12.0. The fraction of sp³-hybridized carbons (Fsp3) is 0.632. The normalized spacial score (nSPS) is 22.2. The zero-order valence-electron chi connectivity index (χ0n) is 16.4. The molecule has 0 bridgehead atoms. The zero-order chi connectivity index (χ0) is 20.9. The number of ether oxygens (including phenoxy) is 3. The molecule has 1 amide bonds. The number of benzene rings is 1. The van der Waals surface area contributed by atoms with Gasteiger partial charge >= 0.3 is 6.09 Å². The van der Waals surface area contributed by atoms with Crippen LogP contribution in [0.5, 0.6) is 5.75 Å². The van der Waals surface area contributed by atoms with Crippen LogP contribution >= 0.6 is 0 Å². The van der Waals surface area contributed by atoms with Crippen molar-refractivity contribution in [1.29, 1.82) is 0 Å². The average molecular weight is 429 g/mol. The Morgan fingerprint density at radius 2 is 2.14 bits per heavy atom. The van der Waals surface area contributed by atoms with E-state index in [4.69, 9.17) is 14.2 Å². The molecule has 1 spiro atoms. The fourth-order valence-corrected chi connectivity index (χ4v) is 4.24. The summed E-state index contributed by atoms with van der Waals surface area (Å²) in [5.74, 6) is 0.312. The smallest absolute Gasteiger partial charge is 0.407 e. The summed E-state index contributed by atoms with van der Waals surface area (Å²) in [5, 5.41) is 16.0. The number of aliphatic hydroxyl groups excluding tert-OH is 1. The summed E-state index contributed by atoms with van der Waals surface area (Å²) in [5.41, 5.74) is -0.156. The summed E-state index contributed by atoms with van der Waals surface area (Å²) in [7, 11) is -3.34. The minimum absolute atomic E-state index is 0.104. The number of amides is 1. The van der Waals surface area contributed by atoms with E-state index in [-0.39, 0.29) is 29.8 Å². The Bertz CT molecular complexity index is 809. The molecule has 3 N–H and O–H groups in total. The molecule has 2 saturated heterocycles. The first-order valence-corrected chi connectivity index (χ1v) is 11.5. The highest BCUT2D eigenvalue weighted by atomic mass is 32.2. The Labute approximate surface area is 170 Å². The standard InChI is InChI=1S/C19H28N2O7S/c1-29(24,25)17-4-2-3-16(9-17)26-12-15(22)13-27-18(23)21-14-10-19(28-11-14)5-7-20-8-6-19/h2-4,9,14-15,20,22H,5-8,10-13H2,1H3,(H,21,23)/t14-,15?/m0/s1. The topological polar surface area (TPSA) is 123 Å². The van der Waals surface area contributed by atoms with Crippen LogP contribution in [0.4, 0.5) is 4.79 Å². The van der Waals surface area contributed by atoms with Crippen molar-refractivity contribution in [3.63, 3.8) is 0 Å². The quantitative estimate of drug-likeness (QED) is 0.573. The van der Waals surface area contributed by atoms with Crippen molar-refractivity contribution in [1.82, 2.24) is 10.6 Å². The lowest BCUT2D eigenvalue weighted by Crippen LogP contribution is -2.43. The highest BCUT2D eigenvalue weighted by Crippen LogP contribution is 2.33. The summed E-state index contributed by atoms with van der Waals surface area (Å²) in [4.78, 5) is 12.1. The minimum atomic E-state index is -3.34. The number of aliphatic hydroxyl groups is 1. The van der Waals surface area contributed by atoms with Gasteiger partial charge in [0.05, 0.1) is 23.1 Å². The van der Waals surface area contributed by atoms with Gasteiger partial charge in [-0.25, -0.2) is 13.2 Å². The number of nitrogens with one attached hydrogen (secondary N) is 2. The number of alkyl carbamates (subject to hydrolysis) is 1. The SMILES string of the molecule is CS(=O)(=O)c1cccc(OCC(O)COC(=O)N[C@@H]2COC3(CCNCC3)C2)c1. The zero-order valence-corrected chi connectivity index (χ0v) is 17.2. The van der Waals surface area contributed by atoms with Crippen molar-refractivity contribution in [3.05, 3.63) is 24.3 Å². The summed E-state index contributed by atoms with van der Waals surface area (Å²) in [6.07, 6.45) is 2.07. The molecule has 3 rings (SSSR count). The largest absolute Gasteiger partial charge is 0.491 e. The predicted molar refractivity (Wildman–Crippen MR) is 105 cm³/mol. The molecule has 1 aromatic rings. The summed E-state index contributed by atoms with van der Waals surface area (Å²) in [6, 6.07) is 5.89. The number of piperidine rings is 1. The first-order chi connectivity index (χ1) is 13.8. The average Bonchev–Trinajstić information content (AvgIpc) is 3.06. The van der Waals surface area contributed by atoms with E-state index in [2.05, 4.69) is 10.6 Å². The lowest BCUT2D eigenvalue weighted by molar-refractivity contribution is -0.0194. The van der Waals surface area contributed by atoms with E-state index < -0.39 is 22.0 Å². The molecule has 1 aromatic carbocycles. The van der Waals surface area contributed by atoms with Crippen LogP contribution in [-0.2, 0) is 19.3 Å². The second-order valence-corrected chi connectivity index (χ2v) is 9.62. The van der Waals surface area contributed by atoms with Crippen LogP contribution < -0.4 is 15.4 Å². The number of carbonyl (C=O) groups excluding carboxylic acids is 1. The summed E-state index contributed by atoms with van der Waals surface area (Å²) < 4.78 is 39.5. The third kappa shape index (κ3) is 6.30. The number of hydrogen-bond acceptors (Lipinski definition) is 8. The van der Waals surface area contributed by atoms with Gasteiger partial charge in [-0.1, -0.05) is 6.07 Å². The van der Waals surface area contributed by atoms with Gasteiger partial charge in [-0.2, -0.15) is 0 Å². The molecule has 2 atom stereocenters. The van der Waals surface area contributed by atoms with Gasteiger partial charge in [0.25, 0.3) is 0 Å². The molecule has 0 aliphatic carbocycles. The molecule has 9 nitrogen and oxygen atoms in total. The van der Waals surface area contributed by atoms with Crippen molar-refractivity contribution in [2.24, 2.45) is 0 Å². The van der Waals surface area contributed by atoms with Gasteiger partial charge in [0, 0.05) is 6.26 Å². The van der Waals surface area contributed by atoms with Crippen molar-refractivity contribution in [2.75, 3.05) is 39.2 Å². The molecule has 2 fully saturated rings. The number of hydrogen-bond donors (Lipinski definition) is 3. The molecular weight excluding hydrogens is 400 g/mol. The van der Waals surface area contributed by atoms with Gasteiger partial charge in [0.15, 0.2) is 9.84 Å². The van der Waals surface area contributed by atoms with E-state index >= 15 is 0 Å². The Kier molecular flexibility index (Phi) is 6.99. The lowest BCUT2D eigenvalue weighted by Gasteiger charge is -2.32. The second-order valence-electron chi connectivity index (χ2n) is 7.60. The third-order valence-electron chi connectivity index (χ3n) is 5.13. The second kappa shape index (κ2) is 9.29. The molecule has 2 aliphatic heterocycles. The summed E-state index contributed by atoms with van der Waals surface area (Å²) >= 11 is 0. The Balaban J connectivity index is 1.37. The molecular formula is C19H28N2O7S. The third-order valence-corrected chi connectivity index (χ3v) is 6.24. The van der Waals surface area contributed by atoms with Crippen LogP contribution in [0.1, 0.15) is 19.3 Å². The van der Waals surface area contributed by atoms with Crippen LogP contribution in [0.25, 0.3) is 0 Å². The lowest BCUT2D eigenvalue weighted by atomic mass is 9.88. The van der Waals surface area contributed by atoms with E-state index in [0.717, 1.165) is 38.6 Å². The van der Waals surface area contributed by atoms with Crippen LogP contribution in [0.15, 0.2) is 29.2 Å². The molecule has 0 aromatic heterocycles. The predicted octanol–water partition coefficient (Wildman–Crippen LogP) is 0.467. The summed E-state index contributed by atoms with van der Waals surface area (Å²) in [6.45, 7) is 1.91. The minimum Gasteiger partial charge on any atom is -0.491 e. The molecule has 2 heterocycles. The molecule has 29 heavy (non-hydrogen) atoms. The first-order valence-electron chi connectivity index (χ1n) is 9.65. The van der Waals surface area contributed by atoms with Crippen molar-refractivity contribution in [2.45, 2.75) is 41.9 Å². The van der Waals surface area contributed by atoms with Crippen molar-refractivity contribution >= 4 is 15.9 Å². The van der Waals surface area contributed by atoms with E-state index in [0.29, 0.717) is 12.4 Å².